The number of benzene rings is 1. The first kappa shape index (κ1) is 17.5. The van der Waals surface area contributed by atoms with E-state index in [2.05, 4.69) is 15.7 Å². The maximum Gasteiger partial charge on any atom is 0.238 e. The summed E-state index contributed by atoms with van der Waals surface area (Å²) in [6.07, 6.45) is 2.58. The standard InChI is InChI=1S/C17H22N4O.ClH/c1-12-17(19-16(22)11-18-10-14-8-9-14)13(2)21(20-12)15-6-4-3-5-7-15;/h3-7,14,18H,8-11H2,1-2H3,(H,19,22);1H. The van der Waals surface area contributed by atoms with E-state index in [1.165, 1.54) is 12.8 Å². The van der Waals surface area contributed by atoms with Gasteiger partial charge >= 0.3 is 0 Å². The van der Waals surface area contributed by atoms with Gasteiger partial charge in [-0.05, 0) is 51.3 Å². The molecular formula is C17H23ClN4O. The van der Waals surface area contributed by atoms with Gasteiger partial charge in [0.15, 0.2) is 0 Å². The zero-order valence-electron chi connectivity index (χ0n) is 13.5. The molecule has 0 radical (unpaired) electrons. The Balaban J connectivity index is 0.00000192. The summed E-state index contributed by atoms with van der Waals surface area (Å²) in [7, 11) is 0. The number of hydrogen-bond acceptors (Lipinski definition) is 3. The number of amides is 1. The van der Waals surface area contributed by atoms with Crippen molar-refractivity contribution < 1.29 is 4.79 Å². The summed E-state index contributed by atoms with van der Waals surface area (Å²) in [6, 6.07) is 9.94. The van der Waals surface area contributed by atoms with Gasteiger partial charge in [-0.15, -0.1) is 12.4 Å². The van der Waals surface area contributed by atoms with Gasteiger partial charge in [-0.2, -0.15) is 5.10 Å². The van der Waals surface area contributed by atoms with Crippen LogP contribution in [0, 0.1) is 19.8 Å². The van der Waals surface area contributed by atoms with E-state index in [1.54, 1.807) is 0 Å². The molecule has 1 heterocycles. The molecule has 0 unspecified atom stereocenters. The van der Waals surface area contributed by atoms with Crippen LogP contribution in [-0.2, 0) is 4.79 Å². The topological polar surface area (TPSA) is 59.0 Å². The average Bonchev–Trinajstić information content (AvgIpc) is 3.30. The van der Waals surface area contributed by atoms with E-state index < -0.39 is 0 Å². The fraction of sp³-hybridized carbons (Fsp3) is 0.412. The summed E-state index contributed by atoms with van der Waals surface area (Å²) in [4.78, 5) is 12.1. The van der Waals surface area contributed by atoms with Crippen LogP contribution in [0.3, 0.4) is 0 Å². The van der Waals surface area contributed by atoms with Gasteiger partial charge in [0, 0.05) is 0 Å². The molecule has 1 aliphatic rings. The lowest BCUT2D eigenvalue weighted by atomic mass is 10.3. The van der Waals surface area contributed by atoms with E-state index in [-0.39, 0.29) is 18.3 Å². The van der Waals surface area contributed by atoms with Crippen molar-refractivity contribution in [2.24, 2.45) is 5.92 Å². The smallest absolute Gasteiger partial charge is 0.238 e. The molecule has 2 aromatic rings. The maximum absolute atomic E-state index is 12.1. The lowest BCUT2D eigenvalue weighted by Gasteiger charge is -2.08. The number of carbonyl (C=O) groups excluding carboxylic acids is 1. The van der Waals surface area contributed by atoms with Crippen molar-refractivity contribution >= 4 is 24.0 Å². The molecule has 0 bridgehead atoms. The Hall–Kier alpha value is -1.85. The van der Waals surface area contributed by atoms with E-state index in [0.29, 0.717) is 6.54 Å². The van der Waals surface area contributed by atoms with Crippen LogP contribution in [0.1, 0.15) is 24.2 Å². The van der Waals surface area contributed by atoms with E-state index in [1.807, 2.05) is 48.9 Å². The van der Waals surface area contributed by atoms with Crippen LogP contribution in [0.15, 0.2) is 30.3 Å². The molecule has 1 aliphatic carbocycles. The third-order valence-electron chi connectivity index (χ3n) is 3.97. The van der Waals surface area contributed by atoms with Crippen molar-refractivity contribution in [1.82, 2.24) is 15.1 Å². The third kappa shape index (κ3) is 4.33. The predicted molar refractivity (Wildman–Crippen MR) is 94.5 cm³/mol. The highest BCUT2D eigenvalue weighted by Crippen LogP contribution is 2.27. The molecule has 1 fully saturated rings. The normalized spacial score (nSPS) is 13.5. The maximum atomic E-state index is 12.1. The van der Waals surface area contributed by atoms with Crippen molar-refractivity contribution in [2.45, 2.75) is 26.7 Å². The lowest BCUT2D eigenvalue weighted by Crippen LogP contribution is -2.29. The number of carbonyl (C=O) groups is 1. The minimum Gasteiger partial charge on any atom is -0.322 e. The first-order valence-corrected chi connectivity index (χ1v) is 7.77. The fourth-order valence-corrected chi connectivity index (χ4v) is 2.54. The first-order chi connectivity index (χ1) is 10.6. The minimum absolute atomic E-state index is 0. The van der Waals surface area contributed by atoms with Gasteiger partial charge in [-0.25, -0.2) is 4.68 Å². The molecule has 1 aromatic carbocycles. The summed E-state index contributed by atoms with van der Waals surface area (Å²) >= 11 is 0. The molecule has 0 spiro atoms. The van der Waals surface area contributed by atoms with E-state index in [9.17, 15) is 4.79 Å². The van der Waals surface area contributed by atoms with E-state index in [0.717, 1.165) is 35.2 Å². The molecule has 1 amide bonds. The van der Waals surface area contributed by atoms with Gasteiger partial charge in [-0.1, -0.05) is 18.2 Å². The van der Waals surface area contributed by atoms with Gasteiger partial charge < -0.3 is 10.6 Å². The molecule has 1 saturated carbocycles. The monoisotopic (exact) mass is 334 g/mol. The van der Waals surface area contributed by atoms with Crippen molar-refractivity contribution in [3.05, 3.63) is 41.7 Å². The second kappa shape index (κ2) is 7.62. The van der Waals surface area contributed by atoms with Crippen LogP contribution < -0.4 is 10.6 Å². The molecule has 124 valence electrons. The second-order valence-corrected chi connectivity index (χ2v) is 5.92. The number of anilines is 1. The van der Waals surface area contributed by atoms with Gasteiger partial charge in [0.25, 0.3) is 0 Å². The Labute approximate surface area is 142 Å². The molecule has 0 aliphatic heterocycles. The summed E-state index contributed by atoms with van der Waals surface area (Å²) in [6.45, 7) is 5.18. The Kier molecular flexibility index (Phi) is 5.80. The van der Waals surface area contributed by atoms with Gasteiger partial charge in [-0.3, -0.25) is 4.79 Å². The molecule has 2 N–H and O–H groups in total. The Morgan fingerprint density at radius 3 is 2.61 bits per heavy atom. The van der Waals surface area contributed by atoms with E-state index >= 15 is 0 Å². The summed E-state index contributed by atoms with van der Waals surface area (Å²) in [5.41, 5.74) is 3.58. The Morgan fingerprint density at radius 1 is 1.26 bits per heavy atom. The Bertz CT molecular complexity index is 665. The molecule has 1 aromatic heterocycles. The average molecular weight is 335 g/mol. The quantitative estimate of drug-likeness (QED) is 0.854. The van der Waals surface area contributed by atoms with Crippen LogP contribution in [-0.4, -0.2) is 28.8 Å². The van der Waals surface area contributed by atoms with Crippen molar-refractivity contribution in [3.8, 4) is 5.69 Å². The van der Waals surface area contributed by atoms with Gasteiger partial charge in [0.05, 0.1) is 29.3 Å². The van der Waals surface area contributed by atoms with E-state index in [4.69, 9.17) is 0 Å². The van der Waals surface area contributed by atoms with Crippen LogP contribution in [0.4, 0.5) is 5.69 Å². The summed E-state index contributed by atoms with van der Waals surface area (Å²) in [5.74, 6) is 0.761. The number of rotatable bonds is 6. The SMILES string of the molecule is Cc1nn(-c2ccccc2)c(C)c1NC(=O)CNCC1CC1.Cl. The largest absolute Gasteiger partial charge is 0.322 e. The molecule has 5 nitrogen and oxygen atoms in total. The summed E-state index contributed by atoms with van der Waals surface area (Å²) < 4.78 is 1.86. The van der Waals surface area contributed by atoms with Crippen molar-refractivity contribution in [2.75, 3.05) is 18.4 Å². The van der Waals surface area contributed by atoms with Crippen LogP contribution in [0.5, 0.6) is 0 Å². The second-order valence-electron chi connectivity index (χ2n) is 5.92. The third-order valence-corrected chi connectivity index (χ3v) is 3.97. The highest BCUT2D eigenvalue weighted by Gasteiger charge is 2.21. The number of nitrogens with one attached hydrogen (secondary N) is 2. The summed E-state index contributed by atoms with van der Waals surface area (Å²) in [5, 5.41) is 10.7. The first-order valence-electron chi connectivity index (χ1n) is 7.77. The predicted octanol–water partition coefficient (Wildman–Crippen LogP) is 2.85. The number of aryl methyl sites for hydroxylation is 1. The minimum atomic E-state index is -0.0144. The van der Waals surface area contributed by atoms with Crippen LogP contribution in [0.2, 0.25) is 0 Å². The highest BCUT2D eigenvalue weighted by molar-refractivity contribution is 5.93. The lowest BCUT2D eigenvalue weighted by molar-refractivity contribution is -0.115. The molecule has 6 heteroatoms. The number of para-hydroxylation sites is 1. The van der Waals surface area contributed by atoms with Crippen LogP contribution in [0.25, 0.3) is 5.69 Å². The van der Waals surface area contributed by atoms with Gasteiger partial charge in [0.1, 0.15) is 0 Å². The molecule has 23 heavy (non-hydrogen) atoms. The zero-order valence-corrected chi connectivity index (χ0v) is 14.3. The molecular weight excluding hydrogens is 312 g/mol. The number of nitrogens with zero attached hydrogens (tertiary/aromatic N) is 2. The molecule has 0 atom stereocenters. The number of aromatic nitrogens is 2. The van der Waals surface area contributed by atoms with Crippen LogP contribution >= 0.6 is 12.4 Å². The Morgan fingerprint density at radius 2 is 1.96 bits per heavy atom. The number of hydrogen-bond donors (Lipinski definition) is 2. The van der Waals surface area contributed by atoms with Crippen molar-refractivity contribution in [3.63, 3.8) is 0 Å². The molecule has 3 rings (SSSR count). The fourth-order valence-electron chi connectivity index (χ4n) is 2.54. The number of halogens is 1. The zero-order chi connectivity index (χ0) is 15.5. The molecule has 0 saturated heterocycles. The van der Waals surface area contributed by atoms with Crippen molar-refractivity contribution in [1.29, 1.82) is 0 Å². The highest BCUT2D eigenvalue weighted by atomic mass is 35.5. The van der Waals surface area contributed by atoms with Gasteiger partial charge in [0.2, 0.25) is 5.91 Å².